The Morgan fingerprint density at radius 3 is 2.59 bits per heavy atom. The van der Waals surface area contributed by atoms with Crippen LogP contribution in [0.3, 0.4) is 0 Å². The molecule has 2 aromatic rings. The standard InChI is InChI=1S/C19H18F2N2O4/c1-22-18(25)16-11-23(14-4-2-3-5-15(14)27-16)17(24)10-12-6-8-13(9-7-12)26-19(20)21/h2-9,16,19H,10-11H2,1H3,(H,22,25). The number of fused-ring (bicyclic) bond motifs is 1. The predicted octanol–water partition coefficient (Wildman–Crippen LogP) is 2.37. The highest BCUT2D eigenvalue weighted by atomic mass is 19.3. The van der Waals surface area contributed by atoms with Gasteiger partial charge in [0.25, 0.3) is 5.91 Å². The van der Waals surface area contributed by atoms with E-state index in [9.17, 15) is 18.4 Å². The lowest BCUT2D eigenvalue weighted by molar-refractivity contribution is -0.127. The van der Waals surface area contributed by atoms with Crippen molar-refractivity contribution in [3.63, 3.8) is 0 Å². The van der Waals surface area contributed by atoms with Crippen LogP contribution in [0.25, 0.3) is 0 Å². The van der Waals surface area contributed by atoms with Gasteiger partial charge in [0.15, 0.2) is 6.10 Å². The zero-order chi connectivity index (χ0) is 19.4. The monoisotopic (exact) mass is 376 g/mol. The average Bonchev–Trinajstić information content (AvgIpc) is 2.67. The van der Waals surface area contributed by atoms with Gasteiger partial charge in [0.2, 0.25) is 5.91 Å². The molecule has 0 saturated heterocycles. The number of anilines is 1. The summed E-state index contributed by atoms with van der Waals surface area (Å²) in [4.78, 5) is 26.3. The average molecular weight is 376 g/mol. The molecular formula is C19H18F2N2O4. The molecule has 0 aliphatic carbocycles. The number of amides is 2. The molecule has 27 heavy (non-hydrogen) atoms. The van der Waals surface area contributed by atoms with Crippen LogP contribution in [-0.4, -0.2) is 38.1 Å². The van der Waals surface area contributed by atoms with Crippen molar-refractivity contribution in [1.82, 2.24) is 5.32 Å². The van der Waals surface area contributed by atoms with E-state index in [-0.39, 0.29) is 30.5 Å². The van der Waals surface area contributed by atoms with Gasteiger partial charge >= 0.3 is 6.61 Å². The minimum atomic E-state index is -2.90. The summed E-state index contributed by atoms with van der Waals surface area (Å²) in [5.41, 5.74) is 1.22. The molecule has 0 saturated carbocycles. The fraction of sp³-hybridized carbons (Fsp3) is 0.263. The van der Waals surface area contributed by atoms with E-state index in [4.69, 9.17) is 4.74 Å². The van der Waals surface area contributed by atoms with Crippen LogP contribution in [0.4, 0.5) is 14.5 Å². The first-order valence-electron chi connectivity index (χ1n) is 8.29. The molecular weight excluding hydrogens is 358 g/mol. The summed E-state index contributed by atoms with van der Waals surface area (Å²) in [6.45, 7) is -2.81. The van der Waals surface area contributed by atoms with Gasteiger partial charge in [0.1, 0.15) is 11.5 Å². The van der Waals surface area contributed by atoms with Gasteiger partial charge in [-0.1, -0.05) is 24.3 Å². The minimum Gasteiger partial charge on any atom is -0.477 e. The Morgan fingerprint density at radius 2 is 1.93 bits per heavy atom. The second-order valence-corrected chi connectivity index (χ2v) is 5.89. The van der Waals surface area contributed by atoms with Crippen molar-refractivity contribution in [1.29, 1.82) is 0 Å². The van der Waals surface area contributed by atoms with Crippen LogP contribution in [0, 0.1) is 0 Å². The Balaban J connectivity index is 1.77. The van der Waals surface area contributed by atoms with E-state index in [1.54, 1.807) is 36.4 Å². The highest BCUT2D eigenvalue weighted by Crippen LogP contribution is 2.33. The third-order valence-corrected chi connectivity index (χ3v) is 4.12. The second kappa shape index (κ2) is 8.03. The molecule has 1 atom stereocenters. The van der Waals surface area contributed by atoms with E-state index in [1.807, 2.05) is 0 Å². The number of likely N-dealkylation sites (N-methyl/N-ethyl adjacent to an activating group) is 1. The molecule has 0 spiro atoms. The van der Waals surface area contributed by atoms with Crippen LogP contribution < -0.4 is 19.7 Å². The third-order valence-electron chi connectivity index (χ3n) is 4.12. The number of para-hydroxylation sites is 2. The maximum absolute atomic E-state index is 12.8. The number of halogens is 2. The summed E-state index contributed by atoms with van der Waals surface area (Å²) < 4.78 is 34.4. The third kappa shape index (κ3) is 4.33. The van der Waals surface area contributed by atoms with Crippen LogP contribution >= 0.6 is 0 Å². The van der Waals surface area contributed by atoms with Crippen LogP contribution in [-0.2, 0) is 16.0 Å². The summed E-state index contributed by atoms with van der Waals surface area (Å²) in [5.74, 6) is -0.0815. The molecule has 142 valence electrons. The van der Waals surface area contributed by atoms with Crippen molar-refractivity contribution >= 4 is 17.5 Å². The molecule has 0 aromatic heterocycles. The van der Waals surface area contributed by atoms with Gasteiger partial charge in [-0.05, 0) is 29.8 Å². The molecule has 1 unspecified atom stereocenters. The Hall–Kier alpha value is -3.16. The first-order valence-corrected chi connectivity index (χ1v) is 8.29. The van der Waals surface area contributed by atoms with Crippen LogP contribution in [0.15, 0.2) is 48.5 Å². The van der Waals surface area contributed by atoms with Crippen LogP contribution in [0.5, 0.6) is 11.5 Å². The largest absolute Gasteiger partial charge is 0.477 e. The van der Waals surface area contributed by atoms with E-state index >= 15 is 0 Å². The quantitative estimate of drug-likeness (QED) is 0.870. The van der Waals surface area contributed by atoms with Gasteiger partial charge in [-0.3, -0.25) is 9.59 Å². The number of hydrogen-bond donors (Lipinski definition) is 1. The number of hydrogen-bond acceptors (Lipinski definition) is 4. The van der Waals surface area contributed by atoms with Crippen molar-refractivity contribution in [2.24, 2.45) is 0 Å². The van der Waals surface area contributed by atoms with E-state index in [0.29, 0.717) is 17.0 Å². The Bertz CT molecular complexity index is 827. The highest BCUT2D eigenvalue weighted by Gasteiger charge is 2.33. The lowest BCUT2D eigenvalue weighted by Crippen LogP contribution is -2.50. The van der Waals surface area contributed by atoms with Crippen molar-refractivity contribution < 1.29 is 27.8 Å². The lowest BCUT2D eigenvalue weighted by Gasteiger charge is -2.34. The van der Waals surface area contributed by atoms with Crippen LogP contribution in [0.1, 0.15) is 5.56 Å². The molecule has 0 bridgehead atoms. The first-order chi connectivity index (χ1) is 13.0. The van der Waals surface area contributed by atoms with E-state index in [0.717, 1.165) is 0 Å². The lowest BCUT2D eigenvalue weighted by atomic mass is 10.1. The van der Waals surface area contributed by atoms with Gasteiger partial charge in [0, 0.05) is 7.05 Å². The number of alkyl halides is 2. The molecule has 2 amide bonds. The van der Waals surface area contributed by atoms with Gasteiger partial charge in [-0.2, -0.15) is 8.78 Å². The molecule has 1 aliphatic heterocycles. The van der Waals surface area contributed by atoms with E-state index in [2.05, 4.69) is 10.1 Å². The maximum atomic E-state index is 12.8. The minimum absolute atomic E-state index is 0.0256. The Kier molecular flexibility index (Phi) is 5.54. The van der Waals surface area contributed by atoms with E-state index < -0.39 is 12.7 Å². The van der Waals surface area contributed by atoms with Crippen molar-refractivity contribution in [3.05, 3.63) is 54.1 Å². The number of nitrogens with one attached hydrogen (secondary N) is 1. The molecule has 1 heterocycles. The van der Waals surface area contributed by atoms with Crippen molar-refractivity contribution in [2.45, 2.75) is 19.1 Å². The number of rotatable bonds is 5. The van der Waals surface area contributed by atoms with E-state index in [1.165, 1.54) is 24.1 Å². The van der Waals surface area contributed by atoms with Crippen LogP contribution in [0.2, 0.25) is 0 Å². The smallest absolute Gasteiger partial charge is 0.387 e. The molecule has 0 radical (unpaired) electrons. The topological polar surface area (TPSA) is 67.9 Å². The number of carbonyl (C=O) groups is 2. The first kappa shape index (κ1) is 18.6. The molecule has 0 fully saturated rings. The Labute approximate surface area is 154 Å². The van der Waals surface area contributed by atoms with Gasteiger partial charge in [0.05, 0.1) is 18.7 Å². The molecule has 6 nitrogen and oxygen atoms in total. The summed E-state index contributed by atoms with van der Waals surface area (Å²) in [6, 6.07) is 12.9. The zero-order valence-corrected chi connectivity index (χ0v) is 14.5. The molecule has 8 heteroatoms. The summed E-state index contributed by atoms with van der Waals surface area (Å²) in [6.07, 6.45) is -0.764. The fourth-order valence-electron chi connectivity index (χ4n) is 2.83. The summed E-state index contributed by atoms with van der Waals surface area (Å²) in [5, 5.41) is 2.52. The number of ether oxygens (including phenoxy) is 2. The fourth-order valence-corrected chi connectivity index (χ4v) is 2.83. The number of nitrogens with zero attached hydrogens (tertiary/aromatic N) is 1. The number of benzene rings is 2. The SMILES string of the molecule is CNC(=O)C1CN(C(=O)Cc2ccc(OC(F)F)cc2)c2ccccc2O1. The maximum Gasteiger partial charge on any atom is 0.387 e. The highest BCUT2D eigenvalue weighted by molar-refractivity contribution is 5.98. The summed E-state index contributed by atoms with van der Waals surface area (Å²) in [7, 11) is 1.50. The zero-order valence-electron chi connectivity index (χ0n) is 14.5. The number of carbonyl (C=O) groups excluding carboxylic acids is 2. The van der Waals surface area contributed by atoms with Crippen molar-refractivity contribution in [2.75, 3.05) is 18.5 Å². The molecule has 2 aromatic carbocycles. The molecule has 1 aliphatic rings. The normalized spacial score (nSPS) is 15.7. The van der Waals surface area contributed by atoms with Gasteiger partial charge < -0.3 is 19.7 Å². The van der Waals surface area contributed by atoms with Gasteiger partial charge in [-0.15, -0.1) is 0 Å². The predicted molar refractivity (Wildman–Crippen MR) is 94.1 cm³/mol. The molecule has 3 rings (SSSR count). The second-order valence-electron chi connectivity index (χ2n) is 5.89. The summed E-state index contributed by atoms with van der Waals surface area (Å²) >= 11 is 0. The van der Waals surface area contributed by atoms with Crippen molar-refractivity contribution in [3.8, 4) is 11.5 Å². The Morgan fingerprint density at radius 1 is 1.22 bits per heavy atom. The molecule has 1 N–H and O–H groups in total. The van der Waals surface area contributed by atoms with Gasteiger partial charge in [-0.25, -0.2) is 0 Å².